The van der Waals surface area contributed by atoms with Gasteiger partial charge in [0, 0.05) is 0 Å². The number of hydrogen-bond donors (Lipinski definition) is 1. The zero-order valence-corrected chi connectivity index (χ0v) is 16.8. The van der Waals surface area contributed by atoms with E-state index in [-0.39, 0.29) is 12.6 Å². The maximum atomic E-state index is 12.8. The molecule has 29 heavy (non-hydrogen) atoms. The maximum absolute atomic E-state index is 12.8. The molecule has 154 valence electrons. The van der Waals surface area contributed by atoms with Crippen LogP contribution in [0.1, 0.15) is 48.9 Å². The van der Waals surface area contributed by atoms with Crippen molar-refractivity contribution in [1.29, 1.82) is 0 Å². The predicted octanol–water partition coefficient (Wildman–Crippen LogP) is 2.82. The molecule has 8 nitrogen and oxygen atoms in total. The van der Waals surface area contributed by atoms with Gasteiger partial charge in [-0.05, 0) is 74.6 Å². The third-order valence-electron chi connectivity index (χ3n) is 5.38. The van der Waals surface area contributed by atoms with E-state index in [0.29, 0.717) is 0 Å². The third-order valence-corrected chi connectivity index (χ3v) is 5.38. The molecule has 1 aromatic carbocycles. The van der Waals surface area contributed by atoms with Crippen molar-refractivity contribution in [2.75, 3.05) is 5.32 Å². The molecule has 0 bridgehead atoms. The molecular formula is C21H26N4O4. The summed E-state index contributed by atoms with van der Waals surface area (Å²) in [5.41, 5.74) is 5.94. The van der Waals surface area contributed by atoms with E-state index < -0.39 is 18.2 Å². The van der Waals surface area contributed by atoms with Gasteiger partial charge in [0.05, 0.1) is 18.3 Å². The van der Waals surface area contributed by atoms with Crippen molar-refractivity contribution >= 4 is 17.7 Å². The summed E-state index contributed by atoms with van der Waals surface area (Å²) in [5, 5.41) is 6.94. The number of nitrogens with zero attached hydrogens (tertiary/aromatic N) is 3. The van der Waals surface area contributed by atoms with Crippen molar-refractivity contribution in [3.8, 4) is 0 Å². The van der Waals surface area contributed by atoms with Crippen LogP contribution in [0.15, 0.2) is 18.7 Å². The molecule has 0 fully saturated rings. The monoisotopic (exact) mass is 398 g/mol. The van der Waals surface area contributed by atoms with Crippen molar-refractivity contribution in [1.82, 2.24) is 14.8 Å². The van der Waals surface area contributed by atoms with E-state index in [2.05, 4.69) is 21.5 Å². The molecule has 2 aliphatic carbocycles. The summed E-state index contributed by atoms with van der Waals surface area (Å²) in [6.07, 6.45) is 6.95. The Morgan fingerprint density at radius 3 is 2.38 bits per heavy atom. The molecule has 0 saturated heterocycles. The highest BCUT2D eigenvalue weighted by atomic mass is 16.6. The van der Waals surface area contributed by atoms with Crippen LogP contribution < -0.4 is 5.32 Å². The number of ether oxygens (including phenoxy) is 2. The van der Waals surface area contributed by atoms with Crippen molar-refractivity contribution < 1.29 is 19.1 Å². The first-order chi connectivity index (χ1) is 14.0. The molecular weight excluding hydrogens is 372 g/mol. The summed E-state index contributed by atoms with van der Waals surface area (Å²) in [7, 11) is 0. The SMILES string of the molecule is CC(C)OC(=O)[C@@H](Cn1cncn1)OC(=O)Nc1c2c(cc3c1CCC3)CCC2. The second-order valence-corrected chi connectivity index (χ2v) is 7.86. The standard InChI is InChI=1S/C21H26N4O4/c1-13(2)28-20(26)18(10-25-12-22-11-23-25)29-21(27)24-19-16-7-3-5-14(16)9-15-6-4-8-17(15)19/h9,11-13,18H,3-8,10H2,1-2H3,(H,24,27)/t18-/m1/s1. The quantitative estimate of drug-likeness (QED) is 0.752. The van der Waals surface area contributed by atoms with E-state index in [1.165, 1.54) is 39.6 Å². The molecule has 1 N–H and O–H groups in total. The smallest absolute Gasteiger partial charge is 0.412 e. The van der Waals surface area contributed by atoms with Crippen LogP contribution in [0.25, 0.3) is 0 Å². The van der Waals surface area contributed by atoms with Crippen molar-refractivity contribution in [3.05, 3.63) is 41.0 Å². The molecule has 0 unspecified atom stereocenters. The molecule has 0 saturated carbocycles. The van der Waals surface area contributed by atoms with Crippen molar-refractivity contribution in [3.63, 3.8) is 0 Å². The first-order valence-electron chi connectivity index (χ1n) is 10.2. The normalized spacial score (nSPS) is 15.7. The average Bonchev–Trinajstić information content (AvgIpc) is 3.41. The molecule has 0 spiro atoms. The lowest BCUT2D eigenvalue weighted by molar-refractivity contribution is -0.158. The largest absolute Gasteiger partial charge is 0.460 e. The first kappa shape index (κ1) is 19.4. The molecule has 0 radical (unpaired) electrons. The lowest BCUT2D eigenvalue weighted by Gasteiger charge is -2.20. The zero-order valence-electron chi connectivity index (χ0n) is 16.8. The lowest BCUT2D eigenvalue weighted by Crippen LogP contribution is -2.36. The fraction of sp³-hybridized carbons (Fsp3) is 0.524. The van der Waals surface area contributed by atoms with Crippen LogP contribution in [0.4, 0.5) is 10.5 Å². The van der Waals surface area contributed by atoms with Gasteiger partial charge in [0.15, 0.2) is 0 Å². The number of rotatable bonds is 6. The van der Waals surface area contributed by atoms with Gasteiger partial charge in [-0.1, -0.05) is 6.07 Å². The molecule has 1 amide bonds. The Morgan fingerprint density at radius 1 is 1.10 bits per heavy atom. The maximum Gasteiger partial charge on any atom is 0.412 e. The lowest BCUT2D eigenvalue weighted by atomic mass is 9.99. The number of anilines is 1. The number of amides is 1. The summed E-state index contributed by atoms with van der Waals surface area (Å²) in [5.74, 6) is -0.603. The van der Waals surface area contributed by atoms with Crippen LogP contribution in [0.2, 0.25) is 0 Å². The van der Waals surface area contributed by atoms with Gasteiger partial charge in [0.25, 0.3) is 0 Å². The summed E-state index contributed by atoms with van der Waals surface area (Å²) in [6.45, 7) is 3.55. The molecule has 8 heteroatoms. The minimum atomic E-state index is -1.11. The van der Waals surface area contributed by atoms with Gasteiger partial charge in [-0.15, -0.1) is 0 Å². The Bertz CT molecular complexity index is 876. The number of esters is 1. The Balaban J connectivity index is 1.52. The van der Waals surface area contributed by atoms with Gasteiger partial charge in [-0.2, -0.15) is 5.10 Å². The predicted molar refractivity (Wildman–Crippen MR) is 106 cm³/mol. The number of aromatic nitrogens is 3. The highest BCUT2D eigenvalue weighted by Gasteiger charge is 2.29. The number of fused-ring (bicyclic) bond motifs is 2. The Labute approximate surface area is 169 Å². The minimum absolute atomic E-state index is 0.0456. The number of benzene rings is 1. The Morgan fingerprint density at radius 2 is 1.79 bits per heavy atom. The van der Waals surface area contributed by atoms with E-state index in [9.17, 15) is 9.59 Å². The topological polar surface area (TPSA) is 95.3 Å². The van der Waals surface area contributed by atoms with Crippen LogP contribution in [0.3, 0.4) is 0 Å². The van der Waals surface area contributed by atoms with E-state index >= 15 is 0 Å². The second-order valence-electron chi connectivity index (χ2n) is 7.86. The molecule has 2 aromatic rings. The second kappa shape index (κ2) is 8.23. The zero-order chi connectivity index (χ0) is 20.4. The number of carbonyl (C=O) groups is 2. The van der Waals surface area contributed by atoms with Gasteiger partial charge in [0.1, 0.15) is 12.7 Å². The van der Waals surface area contributed by atoms with Crippen molar-refractivity contribution in [2.24, 2.45) is 0 Å². The van der Waals surface area contributed by atoms with E-state index in [1.807, 2.05) is 0 Å². The Hall–Kier alpha value is -2.90. The van der Waals surface area contributed by atoms with Crippen molar-refractivity contribution in [2.45, 2.75) is 71.1 Å². The van der Waals surface area contributed by atoms with Gasteiger partial charge < -0.3 is 9.47 Å². The fourth-order valence-corrected chi connectivity index (χ4v) is 4.19. The molecule has 1 aromatic heterocycles. The molecule has 4 rings (SSSR count). The van der Waals surface area contributed by atoms with Gasteiger partial charge >= 0.3 is 12.1 Å². The fourth-order valence-electron chi connectivity index (χ4n) is 4.19. The number of aryl methyl sites for hydroxylation is 2. The number of nitrogens with one attached hydrogen (secondary N) is 1. The summed E-state index contributed by atoms with van der Waals surface area (Å²) < 4.78 is 12.2. The highest BCUT2D eigenvalue weighted by Crippen LogP contribution is 2.38. The van der Waals surface area contributed by atoms with Gasteiger partial charge in [0.2, 0.25) is 6.10 Å². The van der Waals surface area contributed by atoms with Crippen LogP contribution in [-0.4, -0.2) is 39.0 Å². The van der Waals surface area contributed by atoms with Gasteiger partial charge in [-0.3, -0.25) is 5.32 Å². The molecule has 1 atom stereocenters. The van der Waals surface area contributed by atoms with E-state index in [0.717, 1.165) is 44.2 Å². The van der Waals surface area contributed by atoms with E-state index in [4.69, 9.17) is 9.47 Å². The molecule has 0 aliphatic heterocycles. The highest BCUT2D eigenvalue weighted by molar-refractivity contribution is 5.90. The molecule has 2 aliphatic rings. The van der Waals surface area contributed by atoms with Crippen LogP contribution in [-0.2, 0) is 46.5 Å². The molecule has 1 heterocycles. The summed E-state index contributed by atoms with van der Waals surface area (Å²) in [6, 6.07) is 2.30. The average molecular weight is 398 g/mol. The first-order valence-corrected chi connectivity index (χ1v) is 10.2. The van der Waals surface area contributed by atoms with Crippen LogP contribution in [0, 0.1) is 0 Å². The number of carbonyl (C=O) groups excluding carboxylic acids is 2. The third kappa shape index (κ3) is 4.26. The minimum Gasteiger partial charge on any atom is -0.460 e. The van der Waals surface area contributed by atoms with Crippen LogP contribution >= 0.6 is 0 Å². The Kier molecular flexibility index (Phi) is 5.51. The van der Waals surface area contributed by atoms with Crippen LogP contribution in [0.5, 0.6) is 0 Å². The van der Waals surface area contributed by atoms with E-state index in [1.54, 1.807) is 13.8 Å². The summed E-state index contributed by atoms with van der Waals surface area (Å²) in [4.78, 5) is 29.1. The summed E-state index contributed by atoms with van der Waals surface area (Å²) >= 11 is 0. The van der Waals surface area contributed by atoms with Gasteiger partial charge in [-0.25, -0.2) is 19.3 Å². The number of hydrogen-bond acceptors (Lipinski definition) is 6.